The average molecular weight is 205 g/mol. The predicted octanol–water partition coefficient (Wildman–Crippen LogP) is -3.51. The number of aliphatic hydroxyl groups excluding tert-OH is 5. The first-order valence-electron chi connectivity index (χ1n) is 4.66. The van der Waals surface area contributed by atoms with Crippen LogP contribution in [-0.4, -0.2) is 80.1 Å². The molecule has 0 spiro atoms. The molecule has 0 radical (unpaired) electrons. The van der Waals surface area contributed by atoms with Crippen molar-refractivity contribution in [3.05, 3.63) is 0 Å². The van der Waals surface area contributed by atoms with Crippen molar-refractivity contribution in [2.24, 2.45) is 0 Å². The van der Waals surface area contributed by atoms with E-state index in [4.69, 9.17) is 0 Å². The first kappa shape index (κ1) is 10.3. The number of hydrogen-bond donors (Lipinski definition) is 5. The fourth-order valence-corrected chi connectivity index (χ4v) is 2.31. The molecule has 2 heterocycles. The highest BCUT2D eigenvalue weighted by molar-refractivity contribution is 5.04. The van der Waals surface area contributed by atoms with Crippen molar-refractivity contribution < 1.29 is 25.5 Å². The SMILES string of the molecule is O[C@@H]1[C@H](O)[C@H](O)CN2C[C@@H](O)[C@@H](O)[C@@H]12. The zero-order chi connectivity index (χ0) is 10.5. The molecule has 2 saturated heterocycles. The third kappa shape index (κ3) is 1.35. The third-order valence-electron chi connectivity index (χ3n) is 3.10. The van der Waals surface area contributed by atoms with Gasteiger partial charge in [-0.2, -0.15) is 0 Å². The Balaban J connectivity index is 2.18. The van der Waals surface area contributed by atoms with Gasteiger partial charge >= 0.3 is 0 Å². The molecule has 2 aliphatic rings. The minimum Gasteiger partial charge on any atom is -0.389 e. The van der Waals surface area contributed by atoms with Crippen molar-refractivity contribution in [3.63, 3.8) is 0 Å². The molecule has 0 unspecified atom stereocenters. The predicted molar refractivity (Wildman–Crippen MR) is 45.4 cm³/mol. The minimum absolute atomic E-state index is 0.164. The van der Waals surface area contributed by atoms with E-state index < -0.39 is 36.6 Å². The van der Waals surface area contributed by atoms with Gasteiger partial charge in [0.05, 0.1) is 24.4 Å². The van der Waals surface area contributed by atoms with Crippen molar-refractivity contribution in [2.75, 3.05) is 13.1 Å². The number of nitrogens with zero attached hydrogens (tertiary/aromatic N) is 1. The zero-order valence-corrected chi connectivity index (χ0v) is 7.56. The first-order chi connectivity index (χ1) is 6.52. The van der Waals surface area contributed by atoms with E-state index in [1.807, 2.05) is 0 Å². The average Bonchev–Trinajstić information content (AvgIpc) is 2.39. The molecule has 0 aromatic heterocycles. The highest BCUT2D eigenvalue weighted by Crippen LogP contribution is 2.28. The maximum absolute atomic E-state index is 9.58. The Morgan fingerprint density at radius 1 is 0.714 bits per heavy atom. The molecule has 6 heteroatoms. The molecular formula is C8H15NO5. The lowest BCUT2D eigenvalue weighted by Gasteiger charge is -2.40. The Kier molecular flexibility index (Phi) is 2.50. The van der Waals surface area contributed by atoms with E-state index >= 15 is 0 Å². The number of rotatable bonds is 0. The van der Waals surface area contributed by atoms with Gasteiger partial charge in [-0.05, 0) is 0 Å². The second-order valence-electron chi connectivity index (χ2n) is 4.05. The van der Waals surface area contributed by atoms with Gasteiger partial charge in [-0.1, -0.05) is 0 Å². The van der Waals surface area contributed by atoms with Crippen molar-refractivity contribution in [3.8, 4) is 0 Å². The summed E-state index contributed by atoms with van der Waals surface area (Å²) in [6, 6.07) is -0.677. The molecular weight excluding hydrogens is 190 g/mol. The van der Waals surface area contributed by atoms with Crippen molar-refractivity contribution in [1.82, 2.24) is 4.90 Å². The summed E-state index contributed by atoms with van der Waals surface area (Å²) in [4.78, 5) is 1.59. The number of aliphatic hydroxyl groups is 5. The summed E-state index contributed by atoms with van der Waals surface area (Å²) in [6.45, 7) is 0.379. The Bertz CT molecular complexity index is 224. The monoisotopic (exact) mass is 205 g/mol. The van der Waals surface area contributed by atoms with Crippen LogP contribution in [0.3, 0.4) is 0 Å². The normalized spacial score (nSPS) is 54.6. The molecule has 0 aliphatic carbocycles. The van der Waals surface area contributed by atoms with E-state index in [0.717, 1.165) is 0 Å². The van der Waals surface area contributed by atoms with Crippen LogP contribution in [0.5, 0.6) is 0 Å². The maximum Gasteiger partial charge on any atom is 0.109 e. The maximum atomic E-state index is 9.58. The van der Waals surface area contributed by atoms with Gasteiger partial charge in [0.15, 0.2) is 0 Å². The minimum atomic E-state index is -1.25. The van der Waals surface area contributed by atoms with E-state index in [0.29, 0.717) is 0 Å². The second-order valence-corrected chi connectivity index (χ2v) is 4.05. The molecule has 0 aromatic rings. The van der Waals surface area contributed by atoms with Gasteiger partial charge in [-0.3, -0.25) is 4.90 Å². The van der Waals surface area contributed by atoms with Crippen LogP contribution in [0.15, 0.2) is 0 Å². The van der Waals surface area contributed by atoms with Gasteiger partial charge in [0.25, 0.3) is 0 Å². The van der Waals surface area contributed by atoms with Crippen molar-refractivity contribution in [2.45, 2.75) is 36.6 Å². The van der Waals surface area contributed by atoms with E-state index in [2.05, 4.69) is 0 Å². The second kappa shape index (κ2) is 3.41. The fraction of sp³-hybridized carbons (Fsp3) is 1.00. The first-order valence-corrected chi connectivity index (χ1v) is 4.66. The molecule has 2 rings (SSSR count). The van der Waals surface area contributed by atoms with Crippen LogP contribution < -0.4 is 0 Å². The molecule has 2 aliphatic heterocycles. The van der Waals surface area contributed by atoms with Gasteiger partial charge in [-0.25, -0.2) is 0 Å². The molecule has 6 atom stereocenters. The van der Waals surface area contributed by atoms with Crippen LogP contribution in [0, 0.1) is 0 Å². The number of piperidine rings is 1. The van der Waals surface area contributed by atoms with Crippen LogP contribution >= 0.6 is 0 Å². The van der Waals surface area contributed by atoms with Crippen LogP contribution in [0.1, 0.15) is 0 Å². The topological polar surface area (TPSA) is 104 Å². The molecule has 82 valence electrons. The third-order valence-corrected chi connectivity index (χ3v) is 3.10. The summed E-state index contributed by atoms with van der Waals surface area (Å²) in [5.41, 5.74) is 0. The number of fused-ring (bicyclic) bond motifs is 1. The summed E-state index contributed by atoms with van der Waals surface area (Å²) < 4.78 is 0. The summed E-state index contributed by atoms with van der Waals surface area (Å²) in [6.07, 6.45) is -5.49. The van der Waals surface area contributed by atoms with Gasteiger partial charge in [0, 0.05) is 13.1 Å². The molecule has 5 N–H and O–H groups in total. The molecule has 0 amide bonds. The van der Waals surface area contributed by atoms with Gasteiger partial charge in [-0.15, -0.1) is 0 Å². The Labute approximate surface area is 81.0 Å². The zero-order valence-electron chi connectivity index (χ0n) is 7.56. The standard InChI is InChI=1S/C8H15NO5/c10-3-1-9-2-4(11)7(13)8(14)5(9)6(3)12/h3-8,10-14H,1-2H2/t3-,4-,5+,6-,7-,8+/m1/s1. The van der Waals surface area contributed by atoms with E-state index in [-0.39, 0.29) is 13.1 Å². The molecule has 0 saturated carbocycles. The summed E-state index contributed by atoms with van der Waals surface area (Å²) in [5.74, 6) is 0. The van der Waals surface area contributed by atoms with Crippen molar-refractivity contribution in [1.29, 1.82) is 0 Å². The van der Waals surface area contributed by atoms with Gasteiger partial charge in [0.2, 0.25) is 0 Å². The molecule has 6 nitrogen and oxygen atoms in total. The van der Waals surface area contributed by atoms with E-state index in [1.54, 1.807) is 4.90 Å². The van der Waals surface area contributed by atoms with Crippen LogP contribution in [0.4, 0.5) is 0 Å². The Hall–Kier alpha value is -0.240. The molecule has 0 bridgehead atoms. The van der Waals surface area contributed by atoms with E-state index in [9.17, 15) is 25.5 Å². The molecule has 2 fully saturated rings. The summed E-state index contributed by atoms with van der Waals surface area (Å²) in [5, 5.41) is 47.2. The van der Waals surface area contributed by atoms with Gasteiger partial charge in [0.1, 0.15) is 12.2 Å². The van der Waals surface area contributed by atoms with Crippen LogP contribution in [0.25, 0.3) is 0 Å². The molecule has 0 aromatic carbocycles. The lowest BCUT2D eigenvalue weighted by molar-refractivity contribution is -0.142. The van der Waals surface area contributed by atoms with E-state index in [1.165, 1.54) is 0 Å². The molecule has 14 heavy (non-hydrogen) atoms. The fourth-order valence-electron chi connectivity index (χ4n) is 2.31. The highest BCUT2D eigenvalue weighted by Gasteiger charge is 2.51. The van der Waals surface area contributed by atoms with Crippen LogP contribution in [0.2, 0.25) is 0 Å². The van der Waals surface area contributed by atoms with Crippen LogP contribution in [-0.2, 0) is 0 Å². The Morgan fingerprint density at radius 2 is 1.21 bits per heavy atom. The largest absolute Gasteiger partial charge is 0.389 e. The number of hydrogen-bond acceptors (Lipinski definition) is 6. The van der Waals surface area contributed by atoms with Gasteiger partial charge < -0.3 is 25.5 Å². The summed E-state index contributed by atoms with van der Waals surface area (Å²) in [7, 11) is 0. The Morgan fingerprint density at radius 3 is 1.79 bits per heavy atom. The lowest BCUT2D eigenvalue weighted by Crippen LogP contribution is -2.61. The smallest absolute Gasteiger partial charge is 0.109 e. The van der Waals surface area contributed by atoms with Crippen molar-refractivity contribution >= 4 is 0 Å². The summed E-state index contributed by atoms with van der Waals surface area (Å²) >= 11 is 0. The highest BCUT2D eigenvalue weighted by atomic mass is 16.4. The lowest BCUT2D eigenvalue weighted by atomic mass is 9.93. The quantitative estimate of drug-likeness (QED) is 0.281.